The molecule has 0 spiro atoms. The summed E-state index contributed by atoms with van der Waals surface area (Å²) in [6.45, 7) is 9.85. The molecule has 0 unspecified atom stereocenters. The number of hydrogen-bond donors (Lipinski definition) is 4. The van der Waals surface area contributed by atoms with E-state index in [9.17, 15) is 33.6 Å². The molecule has 5 aromatic rings. The standard InChI is InChI=1S/C62H77FN12O8/c1-38(66-5)58(77)69-56(62(2,3)4)61(80)74-36-42-30-44(19-17-40(42)31-52(74)59(78)68-48-15-10-13-39-12-8-9-14-45(39)48)83-29-28-82-27-26-81-25-21-54(76)71(6)23-24-75-53-37-72(7)60(79)46-20-18-43(63)33-47(46)50-16-11-22-73(50)51-32-41(35-67-57(51)65)55(53)49(34-64)70-75/h8-9,12,14,17-20,30,32-33,35,38,48,50,52,56,66H,10-11,13,15-16,21-29,31,36-37H2,1-7H3,(H2,65,67)(H,68,78)(H,69,77)/t38-,48+,50+,52-,56+/m0/s1. The number of rotatable bonds is 19. The summed E-state index contributed by atoms with van der Waals surface area (Å²) in [5, 5.41) is 24.3. The van der Waals surface area contributed by atoms with Gasteiger partial charge in [0.15, 0.2) is 5.69 Å². The number of likely N-dealkylation sites (N-methyl/N-ethyl adjacent to an activating group) is 2. The minimum absolute atomic E-state index is 0.0586. The van der Waals surface area contributed by atoms with Crippen LogP contribution < -0.4 is 31.3 Å². The number of aryl methyl sites for hydroxylation is 1. The molecule has 5 atom stereocenters. The Kier molecular flexibility index (Phi) is 18.8. The van der Waals surface area contributed by atoms with Gasteiger partial charge in [0.2, 0.25) is 23.6 Å². The van der Waals surface area contributed by atoms with Crippen LogP contribution in [0.3, 0.4) is 0 Å². The Hall–Kier alpha value is -7.93. The molecule has 2 bridgehead atoms. The van der Waals surface area contributed by atoms with Crippen molar-refractivity contribution < 1.29 is 42.6 Å². The quantitative estimate of drug-likeness (QED) is 0.0693. The topological polar surface area (TPSA) is 243 Å². The number of anilines is 2. The van der Waals surface area contributed by atoms with E-state index >= 15 is 0 Å². The van der Waals surface area contributed by atoms with Gasteiger partial charge in [-0.25, -0.2) is 9.37 Å². The number of amides is 5. The highest BCUT2D eigenvalue weighted by atomic mass is 19.1. The smallest absolute Gasteiger partial charge is 0.254 e. The number of nitrogens with two attached hydrogens (primary N) is 1. The summed E-state index contributed by atoms with van der Waals surface area (Å²) in [5.74, 6) is -0.955. The van der Waals surface area contributed by atoms with Crippen molar-refractivity contribution in [2.24, 2.45) is 5.41 Å². The molecule has 3 aromatic carbocycles. The van der Waals surface area contributed by atoms with E-state index in [2.05, 4.69) is 49.1 Å². The Morgan fingerprint density at radius 2 is 1.71 bits per heavy atom. The van der Waals surface area contributed by atoms with Gasteiger partial charge in [0.05, 0.1) is 75.4 Å². The molecule has 1 aliphatic carbocycles. The normalized spacial score (nSPS) is 18.2. The zero-order chi connectivity index (χ0) is 59.1. The number of nitrogen functional groups attached to an aromatic ring is 1. The molecule has 0 radical (unpaired) electrons. The maximum Gasteiger partial charge on any atom is 0.254 e. The highest BCUT2D eigenvalue weighted by Gasteiger charge is 2.43. The first-order valence-corrected chi connectivity index (χ1v) is 28.7. The molecule has 83 heavy (non-hydrogen) atoms. The molecule has 3 aliphatic heterocycles. The Balaban J connectivity index is 0.767. The summed E-state index contributed by atoms with van der Waals surface area (Å²) in [4.78, 5) is 81.3. The maximum atomic E-state index is 14.8. The van der Waals surface area contributed by atoms with Crippen LogP contribution >= 0.6 is 0 Å². The number of nitrogens with zero attached hydrogens (tertiary/aromatic N) is 8. The monoisotopic (exact) mass is 1140 g/mol. The fourth-order valence-electron chi connectivity index (χ4n) is 11.7. The maximum absolute atomic E-state index is 14.8. The number of nitrogens with one attached hydrogen (secondary N) is 3. The summed E-state index contributed by atoms with van der Waals surface area (Å²) >= 11 is 0. The number of benzene rings is 3. The van der Waals surface area contributed by atoms with Crippen LogP contribution in [0.5, 0.6) is 5.75 Å². The van der Waals surface area contributed by atoms with Gasteiger partial charge in [-0.3, -0.25) is 28.7 Å². The molecular weight excluding hydrogens is 1060 g/mol. The number of fused-ring (bicyclic) bond motifs is 10. The van der Waals surface area contributed by atoms with Crippen LogP contribution in [0.4, 0.5) is 15.9 Å². The van der Waals surface area contributed by atoms with Crippen molar-refractivity contribution in [1.82, 2.24) is 45.4 Å². The zero-order valence-corrected chi connectivity index (χ0v) is 48.6. The van der Waals surface area contributed by atoms with Gasteiger partial charge in [-0.05, 0) is 116 Å². The van der Waals surface area contributed by atoms with Crippen molar-refractivity contribution in [3.63, 3.8) is 0 Å². The number of aromatic nitrogens is 3. The van der Waals surface area contributed by atoms with Crippen LogP contribution in [0.15, 0.2) is 72.9 Å². The predicted octanol–water partition coefficient (Wildman–Crippen LogP) is 6.01. The number of hydrogen-bond acceptors (Lipinski definition) is 14. The van der Waals surface area contributed by atoms with Crippen molar-refractivity contribution in [2.75, 3.05) is 77.9 Å². The third-order valence-corrected chi connectivity index (χ3v) is 16.5. The van der Waals surface area contributed by atoms with Gasteiger partial charge in [0.25, 0.3) is 5.91 Å². The van der Waals surface area contributed by atoms with Crippen molar-refractivity contribution in [3.05, 3.63) is 124 Å². The number of halogens is 1. The predicted molar refractivity (Wildman–Crippen MR) is 310 cm³/mol. The van der Waals surface area contributed by atoms with E-state index in [4.69, 9.17) is 19.9 Å². The van der Waals surface area contributed by atoms with E-state index in [1.807, 2.05) is 57.2 Å². The summed E-state index contributed by atoms with van der Waals surface area (Å²) in [5.41, 5.74) is 13.3. The molecule has 440 valence electrons. The van der Waals surface area contributed by atoms with Gasteiger partial charge in [-0.2, -0.15) is 10.4 Å². The lowest BCUT2D eigenvalue weighted by Gasteiger charge is -2.41. The lowest BCUT2D eigenvalue weighted by molar-refractivity contribution is -0.147. The van der Waals surface area contributed by atoms with Crippen LogP contribution in [0.2, 0.25) is 0 Å². The van der Waals surface area contributed by atoms with E-state index in [1.54, 1.807) is 48.7 Å². The lowest BCUT2D eigenvalue weighted by atomic mass is 9.83. The van der Waals surface area contributed by atoms with Gasteiger partial charge in [0.1, 0.15) is 42.1 Å². The molecule has 20 nitrogen and oxygen atoms in total. The fraction of sp³-hybridized carbons (Fsp3) is 0.484. The zero-order valence-electron chi connectivity index (χ0n) is 48.6. The lowest BCUT2D eigenvalue weighted by Crippen LogP contribution is -2.62. The second kappa shape index (κ2) is 26.1. The van der Waals surface area contributed by atoms with Gasteiger partial charge in [0, 0.05) is 63.0 Å². The van der Waals surface area contributed by atoms with Gasteiger partial charge in [-0.1, -0.05) is 51.1 Å². The summed E-state index contributed by atoms with van der Waals surface area (Å²) in [6.07, 6.45) is 6.16. The number of pyridine rings is 1. The number of carbonyl (C=O) groups excluding carboxylic acids is 5. The molecule has 4 aliphatic rings. The first kappa shape index (κ1) is 59.7. The van der Waals surface area contributed by atoms with E-state index < -0.39 is 29.4 Å². The second-order valence-corrected chi connectivity index (χ2v) is 23.1. The third-order valence-electron chi connectivity index (χ3n) is 16.5. The molecule has 5 amide bonds. The highest BCUT2D eigenvalue weighted by molar-refractivity contribution is 5.97. The average molecular weight is 1140 g/mol. The van der Waals surface area contributed by atoms with Crippen molar-refractivity contribution >= 4 is 41.0 Å². The van der Waals surface area contributed by atoms with Gasteiger partial charge < -0.3 is 55.5 Å². The minimum atomic E-state index is -0.908. The van der Waals surface area contributed by atoms with Crippen LogP contribution in [-0.2, 0) is 61.1 Å². The van der Waals surface area contributed by atoms with Crippen LogP contribution in [-0.4, -0.2) is 144 Å². The highest BCUT2D eigenvalue weighted by Crippen LogP contribution is 2.43. The molecule has 1 saturated heterocycles. The third kappa shape index (κ3) is 13.5. The second-order valence-electron chi connectivity index (χ2n) is 23.1. The number of ether oxygens (including phenoxy) is 3. The molecule has 1 fully saturated rings. The molecule has 2 aromatic heterocycles. The molecule has 9 rings (SSSR count). The van der Waals surface area contributed by atoms with Crippen LogP contribution in [0.1, 0.15) is 121 Å². The van der Waals surface area contributed by atoms with Crippen LogP contribution in [0, 0.1) is 22.6 Å². The van der Waals surface area contributed by atoms with Gasteiger partial charge in [-0.15, -0.1) is 0 Å². The Bertz CT molecular complexity index is 3260. The number of carbonyl (C=O) groups is 5. The molecule has 5 N–H and O–H groups in total. The largest absolute Gasteiger partial charge is 0.491 e. The first-order valence-electron chi connectivity index (χ1n) is 28.7. The average Bonchev–Trinajstić information content (AvgIpc) is 3.10. The minimum Gasteiger partial charge on any atom is -0.491 e. The Morgan fingerprint density at radius 3 is 2.48 bits per heavy atom. The fourth-order valence-corrected chi connectivity index (χ4v) is 11.7. The van der Waals surface area contributed by atoms with Gasteiger partial charge >= 0.3 is 0 Å². The van der Waals surface area contributed by atoms with E-state index in [1.165, 1.54) is 28.7 Å². The molecule has 5 heterocycles. The SMILES string of the molecule is CN[C@@H](C)C(=O)N[C@H](C(=O)N1Cc2cc(OCCOCCOCCC(=O)N(C)CCn3nc(C#N)c4c3CN(C)C(=O)c3ccc(F)cc3[C@H]3CCCN3c3cc-4cnc3N)ccc2C[C@H]1C(=O)N[C@@H]1CCCc2ccccc21)C(C)(C)C. The molecular formula is C62H77FN12O8. The summed E-state index contributed by atoms with van der Waals surface area (Å²) in [6, 6.07) is 19.5. The van der Waals surface area contributed by atoms with E-state index in [0.29, 0.717) is 52.4 Å². The molecule has 0 saturated carbocycles. The first-order chi connectivity index (χ1) is 39.8. The Labute approximate surface area is 484 Å². The molecule has 21 heteroatoms. The van der Waals surface area contributed by atoms with E-state index in [-0.39, 0.29) is 125 Å². The number of nitriles is 1. The van der Waals surface area contributed by atoms with Crippen molar-refractivity contribution in [3.8, 4) is 22.9 Å². The van der Waals surface area contributed by atoms with Crippen molar-refractivity contribution in [2.45, 2.75) is 122 Å². The summed E-state index contributed by atoms with van der Waals surface area (Å²) < 4.78 is 34.2. The van der Waals surface area contributed by atoms with E-state index in [0.717, 1.165) is 42.4 Å². The Morgan fingerprint density at radius 1 is 0.940 bits per heavy atom. The summed E-state index contributed by atoms with van der Waals surface area (Å²) in [7, 11) is 5.03. The van der Waals surface area contributed by atoms with Crippen molar-refractivity contribution in [1.29, 1.82) is 5.26 Å². The van der Waals surface area contributed by atoms with Crippen LogP contribution in [0.25, 0.3) is 11.1 Å².